The Morgan fingerprint density at radius 3 is 2.09 bits per heavy atom. The zero-order valence-corrected chi connectivity index (χ0v) is 20.8. The van der Waals surface area contributed by atoms with Crippen LogP contribution in [0.2, 0.25) is 0 Å². The zero-order valence-electron chi connectivity index (χ0n) is 20.8. The Morgan fingerprint density at radius 1 is 0.788 bits per heavy atom. The van der Waals surface area contributed by atoms with Gasteiger partial charge in [-0.1, -0.05) is 64.7 Å². The number of amides is 1. The van der Waals surface area contributed by atoms with Gasteiger partial charge in [-0.2, -0.15) is 0 Å². The number of fused-ring (bicyclic) bond motifs is 3. The molecule has 188 valence electrons. The Kier molecular flexibility index (Phi) is 10.7. The van der Waals surface area contributed by atoms with Gasteiger partial charge in [0.25, 0.3) is 11.7 Å². The van der Waals surface area contributed by atoms with Crippen molar-refractivity contribution >= 4 is 17.7 Å². The lowest BCUT2D eigenvalue weighted by atomic mass is 9.83. The van der Waals surface area contributed by atoms with E-state index in [2.05, 4.69) is 0 Å². The number of piperidine rings is 1. The number of carbonyl (C=O) groups is 3. The van der Waals surface area contributed by atoms with Crippen LogP contribution in [0.25, 0.3) is 0 Å². The number of Topliss-reactive ketones (excluding diaryl/α,β-unsaturated/α-hetero) is 1. The number of nitrogens with zero attached hydrogens (tertiary/aromatic N) is 1. The van der Waals surface area contributed by atoms with Gasteiger partial charge in [-0.15, -0.1) is 0 Å². The third kappa shape index (κ3) is 7.27. The summed E-state index contributed by atoms with van der Waals surface area (Å²) >= 11 is 0. The van der Waals surface area contributed by atoms with Gasteiger partial charge in [0.1, 0.15) is 11.6 Å². The van der Waals surface area contributed by atoms with Crippen molar-refractivity contribution in [2.45, 2.75) is 140 Å². The molecule has 6 nitrogen and oxygen atoms in total. The normalized spacial score (nSPS) is 32.4. The average molecular weight is 464 g/mol. The van der Waals surface area contributed by atoms with E-state index in [1.165, 1.54) is 49.8 Å². The third-order valence-corrected chi connectivity index (χ3v) is 7.88. The second-order valence-corrected chi connectivity index (χ2v) is 10.3. The molecule has 0 saturated carbocycles. The molecular weight excluding hydrogens is 418 g/mol. The molecule has 0 N–H and O–H groups in total. The monoisotopic (exact) mass is 463 g/mol. The summed E-state index contributed by atoms with van der Waals surface area (Å²) in [6, 6.07) is -0.641. The van der Waals surface area contributed by atoms with E-state index in [1.54, 1.807) is 0 Å². The molecule has 3 unspecified atom stereocenters. The Hall–Kier alpha value is -1.43. The van der Waals surface area contributed by atoms with Crippen LogP contribution in [0.5, 0.6) is 0 Å². The fraction of sp³-hybridized carbons (Fsp3) is 0.889. The molecule has 0 radical (unpaired) electrons. The Bertz CT molecular complexity index is 650. The molecule has 3 saturated heterocycles. The first-order chi connectivity index (χ1) is 16.1. The van der Waals surface area contributed by atoms with E-state index in [1.807, 2.05) is 6.92 Å². The highest BCUT2D eigenvalue weighted by molar-refractivity contribution is 6.39. The Labute approximate surface area is 200 Å². The Morgan fingerprint density at radius 2 is 1.39 bits per heavy atom. The summed E-state index contributed by atoms with van der Waals surface area (Å²) in [5.41, 5.74) is -1.04. The first-order valence-electron chi connectivity index (χ1n) is 13.8. The second kappa shape index (κ2) is 13.5. The molecule has 3 aliphatic rings. The first kappa shape index (κ1) is 26.2. The van der Waals surface area contributed by atoms with Gasteiger partial charge in [-0.05, 0) is 57.8 Å². The minimum Gasteiger partial charge on any atom is -0.464 e. The van der Waals surface area contributed by atoms with Crippen molar-refractivity contribution in [2.75, 3.05) is 13.2 Å². The lowest BCUT2D eigenvalue weighted by Gasteiger charge is -2.41. The zero-order chi connectivity index (χ0) is 23.5. The standard InChI is InChI=1S/C27H45NO5/c1-2-27-19-15-17-22(33-27)16-11-9-7-5-3-4-6-8-10-14-21-32-26(31)23-18-12-13-20-28(23)25(30)24(27)29/h22-23H,2-21H2,1H3. The van der Waals surface area contributed by atoms with Gasteiger partial charge in [0.2, 0.25) is 0 Å². The number of rotatable bonds is 1. The fourth-order valence-corrected chi connectivity index (χ4v) is 5.75. The van der Waals surface area contributed by atoms with Gasteiger partial charge in [-0.3, -0.25) is 9.59 Å². The highest BCUT2D eigenvalue weighted by Crippen LogP contribution is 2.35. The molecular formula is C27H45NO5. The fourth-order valence-electron chi connectivity index (χ4n) is 5.75. The summed E-state index contributed by atoms with van der Waals surface area (Å²) in [4.78, 5) is 41.2. The SMILES string of the molecule is CCC12CCCC(CCCCCCCCCCCCOC(=O)C3CCCCN3C(=O)C1=O)O2. The predicted octanol–water partition coefficient (Wildman–Crippen LogP) is 5.50. The molecule has 0 aromatic carbocycles. The number of esters is 1. The highest BCUT2D eigenvalue weighted by Gasteiger charge is 2.48. The molecule has 0 aromatic heterocycles. The van der Waals surface area contributed by atoms with Gasteiger partial charge >= 0.3 is 5.97 Å². The van der Waals surface area contributed by atoms with Crippen molar-refractivity contribution in [2.24, 2.45) is 0 Å². The van der Waals surface area contributed by atoms with Crippen LogP contribution in [0, 0.1) is 0 Å². The van der Waals surface area contributed by atoms with Gasteiger partial charge in [-0.25, -0.2) is 4.79 Å². The third-order valence-electron chi connectivity index (χ3n) is 7.88. The van der Waals surface area contributed by atoms with Crippen molar-refractivity contribution in [3.8, 4) is 0 Å². The van der Waals surface area contributed by atoms with E-state index < -0.39 is 23.3 Å². The van der Waals surface area contributed by atoms with E-state index in [-0.39, 0.29) is 12.1 Å². The maximum absolute atomic E-state index is 13.5. The molecule has 3 rings (SSSR count). The highest BCUT2D eigenvalue weighted by atomic mass is 16.5. The average Bonchev–Trinajstić information content (AvgIpc) is 2.85. The van der Waals surface area contributed by atoms with Crippen LogP contribution in [-0.2, 0) is 23.9 Å². The van der Waals surface area contributed by atoms with E-state index in [0.29, 0.717) is 32.4 Å². The summed E-state index contributed by atoms with van der Waals surface area (Å²) in [6.45, 7) is 2.78. The number of cyclic esters (lactones) is 1. The molecule has 6 heteroatoms. The van der Waals surface area contributed by atoms with Gasteiger partial charge in [0.05, 0.1) is 12.7 Å². The lowest BCUT2D eigenvalue weighted by Crippen LogP contribution is -2.57. The molecule has 3 atom stereocenters. The number of carbonyl (C=O) groups excluding carboxylic acids is 3. The van der Waals surface area contributed by atoms with Gasteiger partial charge < -0.3 is 14.4 Å². The molecule has 0 aliphatic carbocycles. The topological polar surface area (TPSA) is 72.9 Å². The van der Waals surface area contributed by atoms with Gasteiger partial charge in [0, 0.05) is 6.54 Å². The summed E-state index contributed by atoms with van der Waals surface area (Å²) in [7, 11) is 0. The lowest BCUT2D eigenvalue weighted by molar-refractivity contribution is -0.177. The quantitative estimate of drug-likeness (QED) is 0.379. The van der Waals surface area contributed by atoms with Crippen LogP contribution in [0.15, 0.2) is 0 Å². The van der Waals surface area contributed by atoms with Crippen LogP contribution in [-0.4, -0.2) is 53.5 Å². The number of ether oxygens (including phenoxy) is 2. The molecule has 0 spiro atoms. The van der Waals surface area contributed by atoms with Crippen molar-refractivity contribution < 1.29 is 23.9 Å². The molecule has 3 heterocycles. The first-order valence-corrected chi connectivity index (χ1v) is 13.8. The molecule has 3 aliphatic heterocycles. The summed E-state index contributed by atoms with van der Waals surface area (Å²) < 4.78 is 11.9. The minimum absolute atomic E-state index is 0.0478. The van der Waals surface area contributed by atoms with Crippen LogP contribution >= 0.6 is 0 Å². The molecule has 33 heavy (non-hydrogen) atoms. The second-order valence-electron chi connectivity index (χ2n) is 10.3. The number of hydrogen-bond acceptors (Lipinski definition) is 5. The largest absolute Gasteiger partial charge is 0.464 e. The molecule has 2 bridgehead atoms. The predicted molar refractivity (Wildman–Crippen MR) is 128 cm³/mol. The summed E-state index contributed by atoms with van der Waals surface area (Å²) in [6.07, 6.45) is 18.0. The van der Waals surface area contributed by atoms with E-state index >= 15 is 0 Å². The number of hydrogen-bond donors (Lipinski definition) is 0. The van der Waals surface area contributed by atoms with Crippen LogP contribution in [0.4, 0.5) is 0 Å². The van der Waals surface area contributed by atoms with Crippen LogP contribution < -0.4 is 0 Å². The summed E-state index contributed by atoms with van der Waals surface area (Å²) in [5.74, 6) is -1.36. The van der Waals surface area contributed by atoms with Crippen molar-refractivity contribution in [3.63, 3.8) is 0 Å². The maximum atomic E-state index is 13.5. The molecule has 1 amide bonds. The van der Waals surface area contributed by atoms with Crippen molar-refractivity contribution in [3.05, 3.63) is 0 Å². The van der Waals surface area contributed by atoms with Crippen molar-refractivity contribution in [1.82, 2.24) is 4.90 Å². The van der Waals surface area contributed by atoms with E-state index in [9.17, 15) is 14.4 Å². The maximum Gasteiger partial charge on any atom is 0.328 e. The Balaban J connectivity index is 1.71. The molecule has 3 fully saturated rings. The number of ketones is 1. The van der Waals surface area contributed by atoms with Crippen molar-refractivity contribution in [1.29, 1.82) is 0 Å². The van der Waals surface area contributed by atoms with Crippen LogP contribution in [0.1, 0.15) is 122 Å². The molecule has 0 aromatic rings. The smallest absolute Gasteiger partial charge is 0.328 e. The summed E-state index contributed by atoms with van der Waals surface area (Å²) in [5, 5.41) is 0. The van der Waals surface area contributed by atoms with Crippen LogP contribution in [0.3, 0.4) is 0 Å². The van der Waals surface area contributed by atoms with Gasteiger partial charge in [0.15, 0.2) is 0 Å². The van der Waals surface area contributed by atoms with E-state index in [4.69, 9.17) is 9.47 Å². The van der Waals surface area contributed by atoms with E-state index in [0.717, 1.165) is 51.4 Å². The minimum atomic E-state index is -1.04.